The predicted molar refractivity (Wildman–Crippen MR) is 93.6 cm³/mol. The normalized spacial score (nSPS) is 14.9. The van der Waals surface area contributed by atoms with Crippen LogP contribution in [0.5, 0.6) is 11.5 Å². The SMILES string of the molecule is COc1ccc(OCCNC(=O)C(=O)N2CCN(CCN)CC2)cc1. The molecule has 8 nitrogen and oxygen atoms in total. The van der Waals surface area contributed by atoms with E-state index in [4.69, 9.17) is 15.2 Å². The van der Waals surface area contributed by atoms with E-state index in [0.717, 1.165) is 25.4 Å². The van der Waals surface area contributed by atoms with Crippen LogP contribution in [0.2, 0.25) is 0 Å². The Bertz CT molecular complexity index is 556. The molecule has 1 saturated heterocycles. The number of nitrogens with one attached hydrogen (secondary N) is 1. The largest absolute Gasteiger partial charge is 0.497 e. The molecule has 8 heteroatoms. The van der Waals surface area contributed by atoms with Crippen molar-refractivity contribution in [3.05, 3.63) is 24.3 Å². The minimum Gasteiger partial charge on any atom is -0.497 e. The minimum absolute atomic E-state index is 0.268. The van der Waals surface area contributed by atoms with E-state index in [9.17, 15) is 9.59 Å². The number of ether oxygens (including phenoxy) is 2. The van der Waals surface area contributed by atoms with Gasteiger partial charge < -0.3 is 25.4 Å². The maximum atomic E-state index is 12.1. The molecule has 1 aromatic carbocycles. The molecule has 2 rings (SSSR count). The summed E-state index contributed by atoms with van der Waals surface area (Å²) in [4.78, 5) is 27.8. The molecule has 1 aromatic rings. The molecule has 1 aliphatic heterocycles. The number of nitrogens with zero attached hydrogens (tertiary/aromatic N) is 2. The Morgan fingerprint density at radius 2 is 1.76 bits per heavy atom. The quantitative estimate of drug-likeness (QED) is 0.498. The summed E-state index contributed by atoms with van der Waals surface area (Å²) in [6.45, 7) is 4.57. The molecule has 0 radical (unpaired) electrons. The number of hydrogen-bond donors (Lipinski definition) is 2. The van der Waals surface area contributed by atoms with Gasteiger partial charge in [0.1, 0.15) is 18.1 Å². The van der Waals surface area contributed by atoms with Crippen molar-refractivity contribution in [3.63, 3.8) is 0 Å². The average Bonchev–Trinajstić information content (AvgIpc) is 2.66. The highest BCUT2D eigenvalue weighted by molar-refractivity contribution is 6.35. The van der Waals surface area contributed by atoms with Crippen molar-refractivity contribution >= 4 is 11.8 Å². The second-order valence-electron chi connectivity index (χ2n) is 5.70. The first-order valence-electron chi connectivity index (χ1n) is 8.40. The van der Waals surface area contributed by atoms with E-state index in [0.29, 0.717) is 25.4 Å². The topological polar surface area (TPSA) is 97.1 Å². The number of benzene rings is 1. The van der Waals surface area contributed by atoms with Gasteiger partial charge in [0, 0.05) is 39.3 Å². The van der Waals surface area contributed by atoms with Crippen LogP contribution in [0.3, 0.4) is 0 Å². The molecule has 0 atom stereocenters. The first kappa shape index (κ1) is 19.0. The average molecular weight is 350 g/mol. The van der Waals surface area contributed by atoms with Crippen molar-refractivity contribution in [3.8, 4) is 11.5 Å². The molecule has 1 aliphatic rings. The smallest absolute Gasteiger partial charge is 0.311 e. The van der Waals surface area contributed by atoms with Gasteiger partial charge in [-0.1, -0.05) is 0 Å². The number of methoxy groups -OCH3 is 1. The Morgan fingerprint density at radius 1 is 1.12 bits per heavy atom. The van der Waals surface area contributed by atoms with Crippen LogP contribution in [0.4, 0.5) is 0 Å². The third kappa shape index (κ3) is 5.91. The van der Waals surface area contributed by atoms with Crippen LogP contribution in [0.1, 0.15) is 0 Å². The Hall–Kier alpha value is -2.32. The Labute approximate surface area is 147 Å². The van der Waals surface area contributed by atoms with Gasteiger partial charge in [-0.3, -0.25) is 14.5 Å². The summed E-state index contributed by atoms with van der Waals surface area (Å²) < 4.78 is 10.6. The van der Waals surface area contributed by atoms with Crippen molar-refractivity contribution in [2.75, 3.05) is 59.5 Å². The molecule has 3 N–H and O–H groups in total. The van der Waals surface area contributed by atoms with Gasteiger partial charge in [-0.2, -0.15) is 0 Å². The standard InChI is InChI=1S/C17H26N4O4/c1-24-14-2-4-15(5-3-14)25-13-7-19-16(22)17(23)21-11-9-20(8-6-18)10-12-21/h2-5H,6-13,18H2,1H3,(H,19,22). The number of carbonyl (C=O) groups is 2. The van der Waals surface area contributed by atoms with Gasteiger partial charge in [0.25, 0.3) is 0 Å². The molecule has 2 amide bonds. The number of carbonyl (C=O) groups excluding carboxylic acids is 2. The third-order valence-electron chi connectivity index (χ3n) is 4.01. The van der Waals surface area contributed by atoms with Gasteiger partial charge in [-0.05, 0) is 24.3 Å². The predicted octanol–water partition coefficient (Wildman–Crippen LogP) is -0.707. The summed E-state index contributed by atoms with van der Waals surface area (Å²) in [7, 11) is 1.60. The zero-order valence-corrected chi connectivity index (χ0v) is 14.6. The molecule has 138 valence electrons. The van der Waals surface area contributed by atoms with Gasteiger partial charge in [0.05, 0.1) is 13.7 Å². The first-order chi connectivity index (χ1) is 12.1. The van der Waals surface area contributed by atoms with E-state index in [1.165, 1.54) is 0 Å². The Kier molecular flexibility index (Phi) is 7.49. The van der Waals surface area contributed by atoms with Crippen molar-refractivity contribution in [1.82, 2.24) is 15.1 Å². The lowest BCUT2D eigenvalue weighted by atomic mass is 10.3. The molecule has 0 saturated carbocycles. The zero-order chi connectivity index (χ0) is 18.1. The number of rotatable bonds is 7. The van der Waals surface area contributed by atoms with Crippen LogP contribution in [0, 0.1) is 0 Å². The van der Waals surface area contributed by atoms with E-state index < -0.39 is 11.8 Å². The summed E-state index contributed by atoms with van der Waals surface area (Å²) in [6, 6.07) is 7.16. The van der Waals surface area contributed by atoms with Crippen molar-refractivity contribution in [2.24, 2.45) is 5.73 Å². The second kappa shape index (κ2) is 9.85. The lowest BCUT2D eigenvalue weighted by Gasteiger charge is -2.34. The van der Waals surface area contributed by atoms with E-state index in [-0.39, 0.29) is 13.2 Å². The van der Waals surface area contributed by atoms with Gasteiger partial charge in [-0.15, -0.1) is 0 Å². The monoisotopic (exact) mass is 350 g/mol. The van der Waals surface area contributed by atoms with Gasteiger partial charge in [-0.25, -0.2) is 0 Å². The van der Waals surface area contributed by atoms with Crippen molar-refractivity contribution in [2.45, 2.75) is 0 Å². The highest BCUT2D eigenvalue weighted by atomic mass is 16.5. The summed E-state index contributed by atoms with van der Waals surface area (Å²) in [5.41, 5.74) is 5.52. The van der Waals surface area contributed by atoms with Crippen molar-refractivity contribution < 1.29 is 19.1 Å². The molecule has 1 fully saturated rings. The molecule has 0 unspecified atom stereocenters. The highest BCUT2D eigenvalue weighted by Crippen LogP contribution is 2.16. The van der Waals surface area contributed by atoms with Crippen LogP contribution in [-0.2, 0) is 9.59 Å². The summed E-state index contributed by atoms with van der Waals surface area (Å²) >= 11 is 0. The second-order valence-corrected chi connectivity index (χ2v) is 5.70. The number of piperazine rings is 1. The number of hydrogen-bond acceptors (Lipinski definition) is 6. The molecule has 0 aromatic heterocycles. The fourth-order valence-corrected chi connectivity index (χ4v) is 2.58. The summed E-state index contributed by atoms with van der Waals surface area (Å²) in [6.07, 6.45) is 0. The van der Waals surface area contributed by atoms with Crippen LogP contribution in [0.25, 0.3) is 0 Å². The van der Waals surface area contributed by atoms with Gasteiger partial charge in [0.2, 0.25) is 0 Å². The maximum absolute atomic E-state index is 12.1. The molecular weight excluding hydrogens is 324 g/mol. The lowest BCUT2D eigenvalue weighted by Crippen LogP contribution is -2.53. The zero-order valence-electron chi connectivity index (χ0n) is 14.6. The van der Waals surface area contributed by atoms with Crippen LogP contribution in [0.15, 0.2) is 24.3 Å². The Balaban J connectivity index is 1.65. The van der Waals surface area contributed by atoms with Gasteiger partial charge >= 0.3 is 11.8 Å². The molecule has 1 heterocycles. The van der Waals surface area contributed by atoms with Gasteiger partial charge in [0.15, 0.2) is 0 Å². The van der Waals surface area contributed by atoms with Crippen LogP contribution < -0.4 is 20.5 Å². The molecular formula is C17H26N4O4. The van der Waals surface area contributed by atoms with Crippen LogP contribution in [-0.4, -0.2) is 81.1 Å². The third-order valence-corrected chi connectivity index (χ3v) is 4.01. The summed E-state index contributed by atoms with van der Waals surface area (Å²) in [5, 5.41) is 2.60. The number of nitrogens with two attached hydrogens (primary N) is 1. The number of amides is 2. The summed E-state index contributed by atoms with van der Waals surface area (Å²) in [5.74, 6) is 0.345. The lowest BCUT2D eigenvalue weighted by molar-refractivity contribution is -0.147. The maximum Gasteiger partial charge on any atom is 0.311 e. The molecule has 0 spiro atoms. The Morgan fingerprint density at radius 3 is 2.36 bits per heavy atom. The minimum atomic E-state index is -0.592. The highest BCUT2D eigenvalue weighted by Gasteiger charge is 2.25. The van der Waals surface area contributed by atoms with E-state index in [1.807, 2.05) is 0 Å². The van der Waals surface area contributed by atoms with E-state index in [1.54, 1.807) is 36.3 Å². The van der Waals surface area contributed by atoms with E-state index >= 15 is 0 Å². The molecule has 25 heavy (non-hydrogen) atoms. The van der Waals surface area contributed by atoms with Crippen molar-refractivity contribution in [1.29, 1.82) is 0 Å². The molecule has 0 aliphatic carbocycles. The van der Waals surface area contributed by atoms with Crippen LogP contribution >= 0.6 is 0 Å². The first-order valence-corrected chi connectivity index (χ1v) is 8.40. The molecule has 0 bridgehead atoms. The van der Waals surface area contributed by atoms with E-state index in [2.05, 4.69) is 10.2 Å². The fraction of sp³-hybridized carbons (Fsp3) is 0.529. The fourth-order valence-electron chi connectivity index (χ4n) is 2.58.